The molecule has 8 heteroatoms. The Morgan fingerprint density at radius 1 is 1.31 bits per heavy atom. The Morgan fingerprint density at radius 2 is 2.08 bits per heavy atom. The van der Waals surface area contributed by atoms with Crippen LogP contribution in [0.5, 0.6) is 0 Å². The molecule has 0 aliphatic carbocycles. The lowest BCUT2D eigenvalue weighted by Crippen LogP contribution is -2.46. The number of ether oxygens (including phenoxy) is 1. The molecule has 1 atom stereocenters. The molecule has 2 fully saturated rings. The minimum atomic E-state index is 0. The minimum absolute atomic E-state index is 0. The highest BCUT2D eigenvalue weighted by Crippen LogP contribution is 2.19. The Balaban J connectivity index is 0.00000243. The molecule has 1 aromatic rings. The van der Waals surface area contributed by atoms with Crippen LogP contribution in [0.3, 0.4) is 0 Å². The number of likely N-dealkylation sites (tertiary alicyclic amines) is 1. The first-order chi connectivity index (χ1) is 12.2. The summed E-state index contributed by atoms with van der Waals surface area (Å²) in [7, 11) is 0. The van der Waals surface area contributed by atoms with Crippen molar-refractivity contribution >= 4 is 41.3 Å². The predicted molar refractivity (Wildman–Crippen MR) is 119 cm³/mol. The van der Waals surface area contributed by atoms with Crippen molar-refractivity contribution in [3.05, 3.63) is 15.6 Å². The second-order valence-corrected chi connectivity index (χ2v) is 8.05. The van der Waals surface area contributed by atoms with Crippen LogP contribution in [0.4, 0.5) is 0 Å². The van der Waals surface area contributed by atoms with Crippen LogP contribution in [0.1, 0.15) is 28.9 Å². The van der Waals surface area contributed by atoms with Crippen molar-refractivity contribution in [2.24, 2.45) is 4.99 Å². The monoisotopic (exact) mass is 493 g/mol. The van der Waals surface area contributed by atoms with Crippen molar-refractivity contribution in [2.75, 3.05) is 52.5 Å². The number of rotatable bonds is 5. The van der Waals surface area contributed by atoms with Crippen molar-refractivity contribution in [2.45, 2.75) is 39.7 Å². The van der Waals surface area contributed by atoms with E-state index >= 15 is 0 Å². The first kappa shape index (κ1) is 21.8. The SMILES string of the molecule is CCNC(=NCCc1sc(C)nc1C)N1CCC(N2CCOCC2)C1.I. The Bertz CT molecular complexity index is 588. The van der Waals surface area contributed by atoms with Crippen molar-refractivity contribution in [3.8, 4) is 0 Å². The highest BCUT2D eigenvalue weighted by atomic mass is 127. The fraction of sp³-hybridized carbons (Fsp3) is 0.778. The number of nitrogens with zero attached hydrogens (tertiary/aromatic N) is 4. The highest BCUT2D eigenvalue weighted by molar-refractivity contribution is 14.0. The van der Waals surface area contributed by atoms with Gasteiger partial charge in [-0.1, -0.05) is 0 Å². The molecule has 3 rings (SSSR count). The van der Waals surface area contributed by atoms with Gasteiger partial charge in [0, 0.05) is 56.6 Å². The van der Waals surface area contributed by atoms with Crippen molar-refractivity contribution in [1.29, 1.82) is 0 Å². The van der Waals surface area contributed by atoms with Crippen LogP contribution >= 0.6 is 35.3 Å². The van der Waals surface area contributed by atoms with Crippen molar-refractivity contribution in [3.63, 3.8) is 0 Å². The maximum absolute atomic E-state index is 5.48. The summed E-state index contributed by atoms with van der Waals surface area (Å²) in [6.07, 6.45) is 2.20. The number of hydrogen-bond acceptors (Lipinski definition) is 5. The zero-order valence-electron chi connectivity index (χ0n) is 16.2. The number of morpholine rings is 1. The molecule has 3 heterocycles. The molecule has 0 amide bonds. The topological polar surface area (TPSA) is 53.0 Å². The zero-order valence-corrected chi connectivity index (χ0v) is 19.3. The molecule has 0 saturated carbocycles. The number of hydrogen-bond donors (Lipinski definition) is 1. The average molecular weight is 493 g/mol. The largest absolute Gasteiger partial charge is 0.379 e. The van der Waals surface area contributed by atoms with Gasteiger partial charge in [0.2, 0.25) is 0 Å². The molecular formula is C18H32IN5OS. The van der Waals surface area contributed by atoms with Crippen molar-refractivity contribution in [1.82, 2.24) is 20.1 Å². The number of thiazole rings is 1. The summed E-state index contributed by atoms with van der Waals surface area (Å²) in [5.41, 5.74) is 1.16. The van der Waals surface area contributed by atoms with Gasteiger partial charge in [-0.2, -0.15) is 0 Å². The normalized spacial score (nSPS) is 21.7. The van der Waals surface area contributed by atoms with E-state index in [2.05, 4.69) is 40.9 Å². The van der Waals surface area contributed by atoms with E-state index in [0.29, 0.717) is 6.04 Å². The molecule has 148 valence electrons. The third-order valence-corrected chi connectivity index (χ3v) is 6.09. The number of aliphatic imine (C=N–C) groups is 1. The van der Waals surface area contributed by atoms with Gasteiger partial charge in [0.25, 0.3) is 0 Å². The van der Waals surface area contributed by atoms with Gasteiger partial charge in [0.05, 0.1) is 23.9 Å². The third-order valence-electron chi connectivity index (χ3n) is 4.96. The fourth-order valence-electron chi connectivity index (χ4n) is 3.67. The van der Waals surface area contributed by atoms with E-state index in [0.717, 1.165) is 75.6 Å². The van der Waals surface area contributed by atoms with Crippen LogP contribution in [-0.2, 0) is 11.2 Å². The number of aromatic nitrogens is 1. The lowest BCUT2D eigenvalue weighted by atomic mass is 10.2. The third kappa shape index (κ3) is 5.77. The summed E-state index contributed by atoms with van der Waals surface area (Å²) in [6.45, 7) is 14.1. The van der Waals surface area contributed by atoms with E-state index in [9.17, 15) is 0 Å². The zero-order chi connectivity index (χ0) is 17.6. The molecule has 6 nitrogen and oxygen atoms in total. The Labute approximate surface area is 178 Å². The van der Waals surface area contributed by atoms with E-state index in [-0.39, 0.29) is 24.0 Å². The second kappa shape index (κ2) is 10.8. The lowest BCUT2D eigenvalue weighted by molar-refractivity contribution is 0.0195. The maximum atomic E-state index is 5.48. The molecule has 2 aliphatic rings. The molecule has 1 N–H and O–H groups in total. The van der Waals surface area contributed by atoms with Gasteiger partial charge < -0.3 is 15.0 Å². The van der Waals surface area contributed by atoms with E-state index in [4.69, 9.17) is 9.73 Å². The van der Waals surface area contributed by atoms with Gasteiger partial charge in [-0.3, -0.25) is 9.89 Å². The minimum Gasteiger partial charge on any atom is -0.379 e. The van der Waals surface area contributed by atoms with Crippen LogP contribution in [0.15, 0.2) is 4.99 Å². The quantitative estimate of drug-likeness (QED) is 0.388. The van der Waals surface area contributed by atoms with E-state index < -0.39 is 0 Å². The molecule has 0 spiro atoms. The molecule has 26 heavy (non-hydrogen) atoms. The summed E-state index contributed by atoms with van der Waals surface area (Å²) >= 11 is 1.80. The summed E-state index contributed by atoms with van der Waals surface area (Å²) in [6, 6.07) is 0.638. The number of nitrogens with one attached hydrogen (secondary N) is 1. The van der Waals surface area contributed by atoms with Crippen LogP contribution in [0, 0.1) is 13.8 Å². The summed E-state index contributed by atoms with van der Waals surface area (Å²) in [5, 5.41) is 4.62. The fourth-order valence-corrected chi connectivity index (χ4v) is 4.60. The maximum Gasteiger partial charge on any atom is 0.193 e. The molecule has 1 unspecified atom stereocenters. The van der Waals surface area contributed by atoms with Gasteiger partial charge >= 0.3 is 0 Å². The number of aryl methyl sites for hydroxylation is 2. The molecule has 0 bridgehead atoms. The number of guanidine groups is 1. The highest BCUT2D eigenvalue weighted by Gasteiger charge is 2.30. The smallest absolute Gasteiger partial charge is 0.193 e. The molecule has 0 aromatic carbocycles. The van der Waals surface area contributed by atoms with E-state index in [1.54, 1.807) is 11.3 Å². The van der Waals surface area contributed by atoms with Crippen molar-refractivity contribution < 1.29 is 4.74 Å². The molecule has 1 aromatic heterocycles. The standard InChI is InChI=1S/C18H31N5OS.HI/c1-4-19-18(20-7-5-17-14(2)21-15(3)25-17)23-8-6-16(13-23)22-9-11-24-12-10-22;/h16H,4-13H2,1-3H3,(H,19,20);1H. The molecule has 0 radical (unpaired) electrons. The van der Waals surface area contributed by atoms with Crippen LogP contribution in [0.2, 0.25) is 0 Å². The summed E-state index contributed by atoms with van der Waals surface area (Å²) in [4.78, 5) is 15.8. The van der Waals surface area contributed by atoms with E-state index in [1.165, 1.54) is 11.3 Å². The Kier molecular flexibility index (Phi) is 9.05. The molecule has 2 aliphatic heterocycles. The first-order valence-electron chi connectivity index (χ1n) is 9.45. The van der Waals surface area contributed by atoms with Gasteiger partial charge in [-0.05, 0) is 27.2 Å². The van der Waals surface area contributed by atoms with Gasteiger partial charge in [0.1, 0.15) is 0 Å². The van der Waals surface area contributed by atoms with Gasteiger partial charge in [0.15, 0.2) is 5.96 Å². The molecule has 2 saturated heterocycles. The van der Waals surface area contributed by atoms with E-state index in [1.807, 2.05) is 0 Å². The van der Waals surface area contributed by atoms with Gasteiger partial charge in [-0.15, -0.1) is 35.3 Å². The Hall–Kier alpha value is -0.450. The van der Waals surface area contributed by atoms with Crippen LogP contribution in [0.25, 0.3) is 0 Å². The predicted octanol–water partition coefficient (Wildman–Crippen LogP) is 2.29. The lowest BCUT2D eigenvalue weighted by Gasteiger charge is -2.32. The van der Waals surface area contributed by atoms with Crippen LogP contribution < -0.4 is 5.32 Å². The van der Waals surface area contributed by atoms with Crippen LogP contribution in [-0.4, -0.2) is 79.3 Å². The number of halogens is 1. The first-order valence-corrected chi connectivity index (χ1v) is 10.3. The summed E-state index contributed by atoms with van der Waals surface area (Å²) in [5.74, 6) is 1.07. The molecular weight excluding hydrogens is 461 g/mol. The Morgan fingerprint density at radius 3 is 2.73 bits per heavy atom. The van der Waals surface area contributed by atoms with Gasteiger partial charge in [-0.25, -0.2) is 4.98 Å². The average Bonchev–Trinajstić information content (AvgIpc) is 3.22. The summed E-state index contributed by atoms with van der Waals surface area (Å²) < 4.78 is 5.48. The second-order valence-electron chi connectivity index (χ2n) is 6.76.